The van der Waals surface area contributed by atoms with E-state index in [1.807, 2.05) is 6.33 Å². The summed E-state index contributed by atoms with van der Waals surface area (Å²) in [5.41, 5.74) is 0.203. The molecule has 8 aliphatic rings. The fourth-order valence-electron chi connectivity index (χ4n) is 10.2. The van der Waals surface area contributed by atoms with Gasteiger partial charge in [0, 0.05) is 5.41 Å². The number of rotatable bonds is 3. The van der Waals surface area contributed by atoms with Crippen LogP contribution in [0.1, 0.15) is 88.8 Å². The third-order valence-electron chi connectivity index (χ3n) is 10.4. The monoisotopic (exact) mass is 439 g/mol. The summed E-state index contributed by atoms with van der Waals surface area (Å²) in [5, 5.41) is 14.5. The summed E-state index contributed by atoms with van der Waals surface area (Å²) in [6.45, 7) is 0. The van der Waals surface area contributed by atoms with E-state index >= 15 is 0 Å². The van der Waals surface area contributed by atoms with Crippen LogP contribution in [0.25, 0.3) is 0 Å². The normalized spacial score (nSPS) is 49.3. The maximum atomic E-state index is 6.75. The number of hydrogen-bond donors (Lipinski definition) is 0. The first kappa shape index (κ1) is 18.0. The van der Waals surface area contributed by atoms with Crippen molar-refractivity contribution in [3.8, 4) is 0 Å². The molecule has 2 aromatic heterocycles. The van der Waals surface area contributed by atoms with Crippen LogP contribution >= 0.6 is 11.6 Å². The van der Waals surface area contributed by atoms with Gasteiger partial charge in [0.15, 0.2) is 0 Å². The Balaban J connectivity index is 1.18. The van der Waals surface area contributed by atoms with E-state index in [4.69, 9.17) is 26.2 Å². The number of halogens is 1. The van der Waals surface area contributed by atoms with Gasteiger partial charge in [0.1, 0.15) is 6.33 Å². The highest BCUT2D eigenvalue weighted by Crippen LogP contribution is 2.65. The van der Waals surface area contributed by atoms with E-state index in [1.54, 1.807) is 0 Å². The molecule has 8 fully saturated rings. The van der Waals surface area contributed by atoms with Crippen LogP contribution in [0.2, 0.25) is 5.28 Å². The van der Waals surface area contributed by atoms with Crippen molar-refractivity contribution in [2.24, 2.45) is 29.6 Å². The van der Waals surface area contributed by atoms with Crippen LogP contribution in [-0.2, 0) is 16.4 Å². The van der Waals surface area contributed by atoms with Gasteiger partial charge < -0.3 is 4.42 Å². The van der Waals surface area contributed by atoms with Gasteiger partial charge in [-0.2, -0.15) is 0 Å². The van der Waals surface area contributed by atoms with Crippen LogP contribution in [-0.4, -0.2) is 25.0 Å². The second-order valence-corrected chi connectivity index (χ2v) is 12.9. The molecule has 0 amide bonds. The quantitative estimate of drug-likeness (QED) is 0.670. The SMILES string of the molecule is Clc1ncn(C23C[C@H]4C[C@@H](CC(c5nnc(C67CC8CC(CC(C8)C6)C7)o5)(C4)C2)C3)n1. The summed E-state index contributed by atoms with van der Waals surface area (Å²) in [6.07, 6.45) is 17.1. The van der Waals surface area contributed by atoms with Gasteiger partial charge in [-0.1, -0.05) is 0 Å². The van der Waals surface area contributed by atoms with Crippen LogP contribution in [0, 0.1) is 29.6 Å². The molecule has 2 aromatic rings. The molecular formula is C24H30ClN5O. The van der Waals surface area contributed by atoms with Crippen LogP contribution in [0.4, 0.5) is 0 Å². The molecule has 2 atom stereocenters. The van der Waals surface area contributed by atoms with Crippen LogP contribution in [0.3, 0.4) is 0 Å². The predicted molar refractivity (Wildman–Crippen MR) is 114 cm³/mol. The molecule has 31 heavy (non-hydrogen) atoms. The highest BCUT2D eigenvalue weighted by Gasteiger charge is 2.62. The van der Waals surface area contributed by atoms with Crippen molar-refractivity contribution in [2.75, 3.05) is 0 Å². The standard InChI is InChI=1S/C24H30ClN5O/c25-21-26-13-30(29-21)24-10-17-4-18(11-24)9-23(8-17,12-24)20-28-27-19(31-20)22-5-14-1-15(6-22)3-16(2-14)7-22/h13-18H,1-12H2/t14?,15?,16?,17-,18-,22?,23?,24?/m0/s1. The third-order valence-corrected chi connectivity index (χ3v) is 10.5. The van der Waals surface area contributed by atoms with E-state index < -0.39 is 0 Å². The minimum Gasteiger partial charge on any atom is -0.424 e. The predicted octanol–water partition coefficient (Wildman–Crippen LogP) is 5.03. The highest BCUT2D eigenvalue weighted by atomic mass is 35.5. The molecule has 10 rings (SSSR count). The Labute approximate surface area is 187 Å². The minimum absolute atomic E-state index is 0.00997. The first-order chi connectivity index (χ1) is 15.0. The van der Waals surface area contributed by atoms with Crippen molar-refractivity contribution in [3.63, 3.8) is 0 Å². The summed E-state index contributed by atoms with van der Waals surface area (Å²) >= 11 is 6.12. The van der Waals surface area contributed by atoms with Gasteiger partial charge >= 0.3 is 0 Å². The Bertz CT molecular complexity index is 1010. The summed E-state index contributed by atoms with van der Waals surface area (Å²) < 4.78 is 8.83. The largest absolute Gasteiger partial charge is 0.424 e. The van der Waals surface area contributed by atoms with E-state index in [0.29, 0.717) is 17.1 Å². The van der Waals surface area contributed by atoms with Crippen molar-refractivity contribution in [1.82, 2.24) is 25.0 Å². The van der Waals surface area contributed by atoms with Gasteiger partial charge in [-0.3, -0.25) is 0 Å². The summed E-state index contributed by atoms with van der Waals surface area (Å²) in [4.78, 5) is 4.25. The van der Waals surface area contributed by atoms with E-state index in [2.05, 4.69) is 14.8 Å². The van der Waals surface area contributed by atoms with Crippen LogP contribution < -0.4 is 0 Å². The van der Waals surface area contributed by atoms with Crippen molar-refractivity contribution >= 4 is 11.6 Å². The minimum atomic E-state index is 0.00997. The van der Waals surface area contributed by atoms with Gasteiger partial charge in [-0.15, -0.1) is 15.3 Å². The number of aromatic nitrogens is 5. The van der Waals surface area contributed by atoms with E-state index in [-0.39, 0.29) is 16.4 Å². The van der Waals surface area contributed by atoms with Crippen molar-refractivity contribution in [2.45, 2.75) is 93.4 Å². The Morgan fingerprint density at radius 1 is 0.774 bits per heavy atom. The molecule has 8 bridgehead atoms. The molecule has 7 heteroatoms. The van der Waals surface area contributed by atoms with Crippen molar-refractivity contribution < 1.29 is 4.42 Å². The molecule has 0 aliphatic heterocycles. The lowest BCUT2D eigenvalue weighted by molar-refractivity contribution is -0.0788. The lowest BCUT2D eigenvalue weighted by Gasteiger charge is -2.60. The molecule has 164 valence electrons. The molecule has 0 saturated heterocycles. The van der Waals surface area contributed by atoms with Gasteiger partial charge in [-0.05, 0) is 118 Å². The topological polar surface area (TPSA) is 69.6 Å². The zero-order valence-corrected chi connectivity index (χ0v) is 18.7. The molecule has 0 spiro atoms. The molecular weight excluding hydrogens is 410 g/mol. The molecule has 8 saturated carbocycles. The van der Waals surface area contributed by atoms with Gasteiger partial charge in [-0.25, -0.2) is 9.67 Å². The second kappa shape index (κ2) is 5.73. The van der Waals surface area contributed by atoms with E-state index in [1.165, 1.54) is 70.6 Å². The average molecular weight is 440 g/mol. The number of nitrogens with zero attached hydrogens (tertiary/aromatic N) is 5. The Hall–Kier alpha value is -1.43. The molecule has 2 heterocycles. The molecule has 0 unspecified atom stereocenters. The molecule has 0 N–H and O–H groups in total. The Morgan fingerprint density at radius 3 is 1.90 bits per heavy atom. The second-order valence-electron chi connectivity index (χ2n) is 12.5. The fourth-order valence-corrected chi connectivity index (χ4v) is 10.4. The Kier molecular flexibility index (Phi) is 3.34. The maximum absolute atomic E-state index is 6.75. The lowest BCUT2D eigenvalue weighted by atomic mass is 9.47. The summed E-state index contributed by atoms with van der Waals surface area (Å²) in [7, 11) is 0. The molecule has 6 nitrogen and oxygen atoms in total. The molecule has 0 radical (unpaired) electrons. The average Bonchev–Trinajstić information content (AvgIpc) is 3.36. The van der Waals surface area contributed by atoms with Crippen LogP contribution in [0.5, 0.6) is 0 Å². The molecule has 0 aromatic carbocycles. The zero-order valence-electron chi connectivity index (χ0n) is 18.0. The zero-order chi connectivity index (χ0) is 20.4. The van der Waals surface area contributed by atoms with Crippen molar-refractivity contribution in [3.05, 3.63) is 23.4 Å². The van der Waals surface area contributed by atoms with E-state index in [0.717, 1.165) is 36.0 Å². The van der Waals surface area contributed by atoms with E-state index in [9.17, 15) is 0 Å². The first-order valence-corrected chi connectivity index (χ1v) is 12.8. The van der Waals surface area contributed by atoms with Gasteiger partial charge in [0.25, 0.3) is 0 Å². The van der Waals surface area contributed by atoms with Crippen molar-refractivity contribution in [1.29, 1.82) is 0 Å². The first-order valence-electron chi connectivity index (χ1n) is 12.4. The Morgan fingerprint density at radius 2 is 1.32 bits per heavy atom. The molecule has 8 aliphatic carbocycles. The van der Waals surface area contributed by atoms with Gasteiger partial charge in [0.05, 0.1) is 11.0 Å². The maximum Gasteiger partial charge on any atom is 0.242 e. The van der Waals surface area contributed by atoms with Gasteiger partial charge in [0.2, 0.25) is 17.1 Å². The highest BCUT2D eigenvalue weighted by molar-refractivity contribution is 6.28. The lowest BCUT2D eigenvalue weighted by Crippen LogP contribution is -2.58. The smallest absolute Gasteiger partial charge is 0.242 e. The number of hydrogen-bond acceptors (Lipinski definition) is 5. The fraction of sp³-hybridized carbons (Fsp3) is 0.833. The summed E-state index contributed by atoms with van der Waals surface area (Å²) in [5.74, 6) is 6.00. The van der Waals surface area contributed by atoms with Crippen LogP contribution in [0.15, 0.2) is 10.7 Å². The summed E-state index contributed by atoms with van der Waals surface area (Å²) in [6, 6.07) is 0. The third kappa shape index (κ3) is 2.41.